The number of nitrogens with zero attached hydrogens (tertiary/aromatic N) is 3. The van der Waals surface area contributed by atoms with Crippen molar-refractivity contribution in [2.45, 2.75) is 0 Å². The van der Waals surface area contributed by atoms with E-state index >= 15 is 0 Å². The summed E-state index contributed by atoms with van der Waals surface area (Å²) in [7, 11) is 1.98. The molecule has 2 rings (SSSR count). The van der Waals surface area contributed by atoms with Gasteiger partial charge in [-0.25, -0.2) is 6.07 Å². The summed E-state index contributed by atoms with van der Waals surface area (Å²) in [6.45, 7) is 1.98. The van der Waals surface area contributed by atoms with Crippen LogP contribution in [0.25, 0.3) is 0 Å². The van der Waals surface area contributed by atoms with Crippen LogP contribution in [0.5, 0.6) is 0 Å². The second-order valence-corrected chi connectivity index (χ2v) is 2.61. The number of hydrogen-bond donors (Lipinski definition) is 0. The van der Waals surface area contributed by atoms with Gasteiger partial charge in [-0.1, -0.05) is 12.4 Å². The molecule has 0 unspecified atom stereocenters. The molecule has 3 nitrogen and oxygen atoms in total. The Labute approximate surface area is 91.4 Å². The van der Waals surface area contributed by atoms with Gasteiger partial charge in [-0.05, 0) is 19.4 Å². The van der Waals surface area contributed by atoms with Crippen LogP contribution in [-0.4, -0.2) is 16.9 Å². The molecule has 13 heavy (non-hydrogen) atoms. The van der Waals surface area contributed by atoms with E-state index in [4.69, 9.17) is 0 Å². The molecule has 2 heterocycles. The van der Waals surface area contributed by atoms with Gasteiger partial charge in [0, 0.05) is 20.1 Å². The first kappa shape index (κ1) is 10.2. The zero-order valence-electron chi connectivity index (χ0n) is 7.14. The van der Waals surface area contributed by atoms with E-state index in [2.05, 4.69) is 11.1 Å². The first-order valence-corrected chi connectivity index (χ1v) is 3.71. The topological polar surface area (TPSA) is 19.4 Å². The average molecular weight is 351 g/mol. The van der Waals surface area contributed by atoms with Crippen LogP contribution < -0.4 is 4.90 Å². The van der Waals surface area contributed by atoms with Crippen LogP contribution in [0.2, 0.25) is 0 Å². The number of anilines is 1. The fourth-order valence-electron chi connectivity index (χ4n) is 1.06. The normalized spacial score (nSPS) is 14.5. The zero-order valence-corrected chi connectivity index (χ0v) is 9.53. The second-order valence-electron chi connectivity index (χ2n) is 2.61. The van der Waals surface area contributed by atoms with Crippen LogP contribution in [0.4, 0.5) is 5.69 Å². The molecule has 0 saturated heterocycles. The second kappa shape index (κ2) is 4.40. The molecule has 1 aromatic heterocycles. The van der Waals surface area contributed by atoms with Crippen molar-refractivity contribution < 1.29 is 20.1 Å². The first-order valence-electron chi connectivity index (χ1n) is 3.71. The molecule has 0 saturated carbocycles. The van der Waals surface area contributed by atoms with Crippen LogP contribution in [0.1, 0.15) is 0 Å². The molecule has 1 radical (unpaired) electrons. The molecule has 1 aromatic rings. The van der Waals surface area contributed by atoms with E-state index in [0.29, 0.717) is 0 Å². The minimum absolute atomic E-state index is 0. The third kappa shape index (κ3) is 2.29. The maximum Gasteiger partial charge on any atom is 0 e. The molecule has 71 valence electrons. The molecule has 0 N–H and O–H groups in total. The number of rotatable bonds is 1. The van der Waals surface area contributed by atoms with Crippen molar-refractivity contribution in [1.82, 2.24) is 9.88 Å². The fourth-order valence-corrected chi connectivity index (χ4v) is 1.06. The van der Waals surface area contributed by atoms with Gasteiger partial charge < -0.3 is 14.8 Å². The predicted molar refractivity (Wildman–Crippen MR) is 46.8 cm³/mol. The zero-order chi connectivity index (χ0) is 8.39. The van der Waals surface area contributed by atoms with E-state index in [1.165, 1.54) is 0 Å². The molecule has 1 aliphatic rings. The summed E-state index contributed by atoms with van der Waals surface area (Å²) in [5.41, 5.74) is 1.01. The van der Waals surface area contributed by atoms with E-state index in [0.717, 1.165) is 5.69 Å². The molecule has 0 bridgehead atoms. The monoisotopic (exact) mass is 352 g/mol. The minimum Gasteiger partial charge on any atom is -0.510 e. The van der Waals surface area contributed by atoms with Crippen molar-refractivity contribution >= 4 is 5.69 Å². The van der Waals surface area contributed by atoms with Crippen LogP contribution in [0.3, 0.4) is 0 Å². The molecule has 0 amide bonds. The van der Waals surface area contributed by atoms with Gasteiger partial charge in [-0.15, -0.1) is 0 Å². The Kier molecular flexibility index (Phi) is 3.46. The molecule has 0 aromatic carbocycles. The van der Waals surface area contributed by atoms with Crippen LogP contribution in [0.15, 0.2) is 30.9 Å². The van der Waals surface area contributed by atoms with Gasteiger partial charge in [0.1, 0.15) is 0 Å². The summed E-state index contributed by atoms with van der Waals surface area (Å²) >= 11 is 0. The van der Waals surface area contributed by atoms with Gasteiger partial charge >= 0.3 is 0 Å². The van der Waals surface area contributed by atoms with Crippen molar-refractivity contribution in [1.29, 1.82) is 0 Å². The van der Waals surface area contributed by atoms with Crippen molar-refractivity contribution in [2.24, 2.45) is 0 Å². The van der Waals surface area contributed by atoms with Gasteiger partial charge in [-0.3, -0.25) is 0 Å². The number of aromatic nitrogens is 1. The molecule has 0 fully saturated rings. The van der Waals surface area contributed by atoms with Crippen molar-refractivity contribution in [3.05, 3.63) is 43.6 Å². The van der Waals surface area contributed by atoms with Gasteiger partial charge in [0.05, 0.1) is 0 Å². The van der Waals surface area contributed by atoms with E-state index in [-0.39, 0.29) is 20.1 Å². The Bertz CT molecular complexity index is 286. The maximum absolute atomic E-state index is 3.90. The third-order valence-electron chi connectivity index (χ3n) is 1.65. The van der Waals surface area contributed by atoms with Gasteiger partial charge in [0.2, 0.25) is 0 Å². The Morgan fingerprint density at radius 1 is 1.46 bits per heavy atom. The SMILES string of the molecule is CN1C=CN(c2[c-]cncc2)[CH-]1.[Ir]. The molecular weight excluding hydrogens is 342 g/mol. The smallest absolute Gasteiger partial charge is 0 e. The molecule has 0 spiro atoms. The van der Waals surface area contributed by atoms with Crippen molar-refractivity contribution in [2.75, 3.05) is 11.9 Å². The Morgan fingerprint density at radius 3 is 2.85 bits per heavy atom. The van der Waals surface area contributed by atoms with Crippen LogP contribution >= 0.6 is 0 Å². The Hall–Kier alpha value is -0.861. The van der Waals surface area contributed by atoms with E-state index in [1.807, 2.05) is 42.0 Å². The molecule has 0 aliphatic carbocycles. The average Bonchev–Trinajstić information content (AvgIpc) is 2.54. The largest absolute Gasteiger partial charge is 0.510 e. The van der Waals surface area contributed by atoms with Gasteiger partial charge in [-0.2, -0.15) is 18.4 Å². The predicted octanol–water partition coefficient (Wildman–Crippen LogP) is 1.22. The maximum atomic E-state index is 3.90. The summed E-state index contributed by atoms with van der Waals surface area (Å²) < 4.78 is 0. The molecule has 1 aliphatic heterocycles. The molecular formula is C9H9IrN3-2. The van der Waals surface area contributed by atoms with E-state index in [1.54, 1.807) is 12.4 Å². The summed E-state index contributed by atoms with van der Waals surface area (Å²) in [6.07, 6.45) is 7.38. The standard InChI is InChI=1S/C9H9N3.Ir/c1-11-6-7-12(8-11)9-2-4-10-5-3-9;/h2,4-8H,1H3;/q-2;. The van der Waals surface area contributed by atoms with Gasteiger partial charge in [0.15, 0.2) is 0 Å². The van der Waals surface area contributed by atoms with Gasteiger partial charge in [0.25, 0.3) is 0 Å². The van der Waals surface area contributed by atoms with Crippen molar-refractivity contribution in [3.63, 3.8) is 0 Å². The summed E-state index contributed by atoms with van der Waals surface area (Å²) in [5, 5.41) is 0. The molecule has 0 atom stereocenters. The third-order valence-corrected chi connectivity index (χ3v) is 1.65. The molecule has 4 heteroatoms. The van der Waals surface area contributed by atoms with Crippen LogP contribution in [-0.2, 0) is 20.1 Å². The number of hydrogen-bond acceptors (Lipinski definition) is 3. The van der Waals surface area contributed by atoms with E-state index in [9.17, 15) is 0 Å². The summed E-state index contributed by atoms with van der Waals surface area (Å²) in [4.78, 5) is 7.87. The Balaban J connectivity index is 0.000000845. The summed E-state index contributed by atoms with van der Waals surface area (Å²) in [6, 6.07) is 4.95. The number of pyridine rings is 1. The first-order chi connectivity index (χ1) is 5.86. The van der Waals surface area contributed by atoms with E-state index < -0.39 is 0 Å². The quantitative estimate of drug-likeness (QED) is 0.710. The van der Waals surface area contributed by atoms with Crippen LogP contribution in [0, 0.1) is 12.7 Å². The Morgan fingerprint density at radius 2 is 2.31 bits per heavy atom. The van der Waals surface area contributed by atoms with Crippen molar-refractivity contribution in [3.8, 4) is 0 Å². The minimum atomic E-state index is 0. The summed E-state index contributed by atoms with van der Waals surface area (Å²) in [5.74, 6) is 0. The fraction of sp³-hybridized carbons (Fsp3) is 0.111.